The van der Waals surface area contributed by atoms with Gasteiger partial charge in [0.25, 0.3) is 0 Å². The fraction of sp³-hybridized carbons (Fsp3) is 0.357. The molecule has 0 amide bonds. The van der Waals surface area contributed by atoms with E-state index in [0.29, 0.717) is 5.92 Å². The van der Waals surface area contributed by atoms with E-state index in [9.17, 15) is 4.39 Å². The van der Waals surface area contributed by atoms with Crippen molar-refractivity contribution in [2.45, 2.75) is 32.4 Å². The summed E-state index contributed by atoms with van der Waals surface area (Å²) < 4.78 is 15.7. The number of para-hydroxylation sites is 2. The minimum atomic E-state index is -0.196. The number of likely N-dealkylation sites (tertiary alicyclic amines) is 1. The van der Waals surface area contributed by atoms with Crippen LogP contribution in [0.15, 0.2) is 72.9 Å². The molecule has 1 aliphatic rings. The van der Waals surface area contributed by atoms with Gasteiger partial charge in [-0.1, -0.05) is 30.3 Å². The van der Waals surface area contributed by atoms with Crippen molar-refractivity contribution in [3.05, 3.63) is 95.8 Å². The molecule has 1 saturated heterocycles. The third-order valence-electron chi connectivity index (χ3n) is 6.80. The van der Waals surface area contributed by atoms with Crippen LogP contribution < -0.4 is 5.32 Å². The Morgan fingerprint density at radius 3 is 2.53 bits per heavy atom. The second-order valence-corrected chi connectivity index (χ2v) is 9.22. The monoisotopic (exact) mass is 457 g/mol. The van der Waals surface area contributed by atoms with Crippen molar-refractivity contribution in [3.63, 3.8) is 0 Å². The average Bonchev–Trinajstić information content (AvgIpc) is 3.21. The summed E-state index contributed by atoms with van der Waals surface area (Å²) >= 11 is 0. The van der Waals surface area contributed by atoms with E-state index in [4.69, 9.17) is 4.98 Å². The second-order valence-electron chi connectivity index (χ2n) is 9.22. The third kappa shape index (κ3) is 5.69. The van der Waals surface area contributed by atoms with Gasteiger partial charge < -0.3 is 14.8 Å². The van der Waals surface area contributed by atoms with Crippen LogP contribution in [-0.2, 0) is 19.5 Å². The molecule has 1 N–H and O–H groups in total. The molecule has 0 saturated carbocycles. The summed E-state index contributed by atoms with van der Waals surface area (Å²) in [5.74, 6) is 1.58. The zero-order valence-corrected chi connectivity index (χ0v) is 19.5. The zero-order valence-electron chi connectivity index (χ0n) is 19.5. The standard InChI is InChI=1S/C28H32FN5/c29-24-10-8-23(9-11-24)21-34-27-7-2-1-6-26(27)32-28(34)19-22-12-16-33(17-13-22)18-15-30-20-25-5-3-4-14-31-25/h1-11,14,22,30H,12-13,15-21H2. The molecule has 1 aliphatic heterocycles. The van der Waals surface area contributed by atoms with Crippen LogP contribution in [0.25, 0.3) is 11.0 Å². The maximum Gasteiger partial charge on any atom is 0.123 e. The minimum Gasteiger partial charge on any atom is -0.323 e. The van der Waals surface area contributed by atoms with Crippen molar-refractivity contribution in [2.24, 2.45) is 5.92 Å². The van der Waals surface area contributed by atoms with Gasteiger partial charge in [0.1, 0.15) is 11.6 Å². The van der Waals surface area contributed by atoms with Gasteiger partial charge in [-0.25, -0.2) is 9.37 Å². The van der Waals surface area contributed by atoms with Crippen molar-refractivity contribution < 1.29 is 4.39 Å². The summed E-state index contributed by atoms with van der Waals surface area (Å²) in [7, 11) is 0. The Hall–Kier alpha value is -3.09. The van der Waals surface area contributed by atoms with Gasteiger partial charge in [0.05, 0.1) is 16.7 Å². The lowest BCUT2D eigenvalue weighted by molar-refractivity contribution is 0.183. The molecule has 0 atom stereocenters. The van der Waals surface area contributed by atoms with Crippen LogP contribution in [0.1, 0.15) is 29.9 Å². The molecule has 0 bridgehead atoms. The lowest BCUT2D eigenvalue weighted by atomic mass is 9.93. The Bertz CT molecular complexity index is 1180. The highest BCUT2D eigenvalue weighted by Gasteiger charge is 2.22. The smallest absolute Gasteiger partial charge is 0.123 e. The molecule has 5 rings (SSSR count). The van der Waals surface area contributed by atoms with E-state index in [1.165, 1.54) is 25.0 Å². The maximum absolute atomic E-state index is 13.4. The summed E-state index contributed by atoms with van der Waals surface area (Å²) in [4.78, 5) is 11.9. The molecule has 34 heavy (non-hydrogen) atoms. The van der Waals surface area contributed by atoms with Crippen LogP contribution in [0.3, 0.4) is 0 Å². The molecule has 2 aromatic carbocycles. The van der Waals surface area contributed by atoms with E-state index in [0.717, 1.165) is 73.8 Å². The number of pyridine rings is 1. The number of hydrogen-bond donors (Lipinski definition) is 1. The van der Waals surface area contributed by atoms with Gasteiger partial charge in [0, 0.05) is 38.8 Å². The Labute approximate surface area is 200 Å². The predicted octanol–water partition coefficient (Wildman–Crippen LogP) is 4.66. The quantitative estimate of drug-likeness (QED) is 0.371. The van der Waals surface area contributed by atoms with Crippen molar-refractivity contribution in [2.75, 3.05) is 26.2 Å². The molecule has 2 aromatic heterocycles. The number of piperidine rings is 1. The molecule has 0 aliphatic carbocycles. The molecular formula is C28H32FN5. The van der Waals surface area contributed by atoms with E-state index in [-0.39, 0.29) is 5.82 Å². The first-order valence-electron chi connectivity index (χ1n) is 12.3. The van der Waals surface area contributed by atoms with Crippen molar-refractivity contribution >= 4 is 11.0 Å². The van der Waals surface area contributed by atoms with Gasteiger partial charge in [-0.2, -0.15) is 0 Å². The van der Waals surface area contributed by atoms with E-state index in [2.05, 4.69) is 44.0 Å². The molecule has 3 heterocycles. The first-order chi connectivity index (χ1) is 16.7. The van der Waals surface area contributed by atoms with Crippen LogP contribution in [-0.4, -0.2) is 45.6 Å². The molecule has 0 radical (unpaired) electrons. The molecule has 0 spiro atoms. The van der Waals surface area contributed by atoms with Gasteiger partial charge in [-0.05, 0) is 73.8 Å². The van der Waals surface area contributed by atoms with Crippen molar-refractivity contribution in [1.29, 1.82) is 0 Å². The highest BCUT2D eigenvalue weighted by Crippen LogP contribution is 2.25. The fourth-order valence-corrected chi connectivity index (χ4v) is 4.86. The van der Waals surface area contributed by atoms with Crippen molar-refractivity contribution in [1.82, 2.24) is 24.8 Å². The Kier molecular flexibility index (Phi) is 7.27. The summed E-state index contributed by atoms with van der Waals surface area (Å²) in [5, 5.41) is 3.51. The predicted molar refractivity (Wildman–Crippen MR) is 134 cm³/mol. The van der Waals surface area contributed by atoms with Crippen LogP contribution in [0.4, 0.5) is 4.39 Å². The normalized spacial score (nSPS) is 15.2. The number of aromatic nitrogens is 3. The van der Waals surface area contributed by atoms with Crippen LogP contribution >= 0.6 is 0 Å². The topological polar surface area (TPSA) is 46.0 Å². The molecule has 4 aromatic rings. The van der Waals surface area contributed by atoms with Gasteiger partial charge in [-0.3, -0.25) is 4.98 Å². The van der Waals surface area contributed by atoms with Crippen LogP contribution in [0.2, 0.25) is 0 Å². The summed E-state index contributed by atoms with van der Waals surface area (Å²) in [6, 6.07) is 21.2. The third-order valence-corrected chi connectivity index (χ3v) is 6.80. The lowest BCUT2D eigenvalue weighted by Gasteiger charge is -2.32. The average molecular weight is 458 g/mol. The number of benzene rings is 2. The number of fused-ring (bicyclic) bond motifs is 1. The van der Waals surface area contributed by atoms with Crippen molar-refractivity contribution in [3.8, 4) is 0 Å². The highest BCUT2D eigenvalue weighted by atomic mass is 19.1. The minimum absolute atomic E-state index is 0.196. The number of nitrogens with one attached hydrogen (secondary N) is 1. The molecule has 0 unspecified atom stereocenters. The van der Waals surface area contributed by atoms with Crippen LogP contribution in [0.5, 0.6) is 0 Å². The zero-order chi connectivity index (χ0) is 23.2. The van der Waals surface area contributed by atoms with Crippen LogP contribution in [0, 0.1) is 11.7 Å². The molecule has 6 heteroatoms. The Morgan fingerprint density at radius 2 is 1.74 bits per heavy atom. The summed E-state index contributed by atoms with van der Waals surface area (Å²) in [6.45, 7) is 5.86. The van der Waals surface area contributed by atoms with Gasteiger partial charge >= 0.3 is 0 Å². The highest BCUT2D eigenvalue weighted by molar-refractivity contribution is 5.76. The fourth-order valence-electron chi connectivity index (χ4n) is 4.86. The molecular weight excluding hydrogens is 425 g/mol. The first kappa shape index (κ1) is 22.7. The van der Waals surface area contributed by atoms with E-state index in [1.807, 2.05) is 36.5 Å². The summed E-state index contributed by atoms with van der Waals surface area (Å²) in [5.41, 5.74) is 4.37. The SMILES string of the molecule is Fc1ccc(Cn2c(CC3CCN(CCNCc4ccccn4)CC3)nc3ccccc32)cc1. The number of nitrogens with zero attached hydrogens (tertiary/aromatic N) is 4. The van der Waals surface area contributed by atoms with Gasteiger partial charge in [0.2, 0.25) is 0 Å². The second kappa shape index (κ2) is 10.9. The number of hydrogen-bond acceptors (Lipinski definition) is 4. The molecule has 1 fully saturated rings. The van der Waals surface area contributed by atoms with Gasteiger partial charge in [0.15, 0.2) is 0 Å². The van der Waals surface area contributed by atoms with E-state index < -0.39 is 0 Å². The maximum atomic E-state index is 13.4. The largest absolute Gasteiger partial charge is 0.323 e. The van der Waals surface area contributed by atoms with E-state index >= 15 is 0 Å². The Balaban J connectivity index is 1.16. The number of halogens is 1. The van der Waals surface area contributed by atoms with Gasteiger partial charge in [-0.15, -0.1) is 0 Å². The number of rotatable bonds is 9. The molecule has 5 nitrogen and oxygen atoms in total. The first-order valence-corrected chi connectivity index (χ1v) is 12.3. The lowest BCUT2D eigenvalue weighted by Crippen LogP contribution is -2.38. The van der Waals surface area contributed by atoms with E-state index in [1.54, 1.807) is 0 Å². The summed E-state index contributed by atoms with van der Waals surface area (Å²) in [6.07, 6.45) is 5.22. The molecule has 176 valence electrons. The number of imidazole rings is 1. The Morgan fingerprint density at radius 1 is 0.941 bits per heavy atom.